The lowest BCUT2D eigenvalue weighted by Crippen LogP contribution is -2.40. The molecule has 3 aromatic rings. The average molecular weight is 453 g/mol. The maximum atomic E-state index is 13.0. The summed E-state index contributed by atoms with van der Waals surface area (Å²) in [5.74, 6) is 0.187. The van der Waals surface area contributed by atoms with Crippen LogP contribution in [0.25, 0.3) is 10.9 Å². The molecule has 0 atom stereocenters. The quantitative estimate of drug-likeness (QED) is 0.388. The highest BCUT2D eigenvalue weighted by atomic mass is 35.5. The van der Waals surface area contributed by atoms with E-state index in [0.29, 0.717) is 11.4 Å². The van der Waals surface area contributed by atoms with Crippen LogP contribution in [0.15, 0.2) is 60.8 Å². The first-order valence-electron chi connectivity index (χ1n) is 11.4. The number of carbonyl (C=O) groups excluding carboxylic acids is 1. The Labute approximate surface area is 196 Å². The van der Waals surface area contributed by atoms with Gasteiger partial charge in [0.1, 0.15) is 0 Å². The highest BCUT2D eigenvalue weighted by Gasteiger charge is 2.15. The van der Waals surface area contributed by atoms with Gasteiger partial charge in [-0.05, 0) is 49.3 Å². The molecule has 6 heteroatoms. The largest absolute Gasteiger partial charge is 0.384 e. The van der Waals surface area contributed by atoms with E-state index in [-0.39, 0.29) is 5.91 Å². The fraction of sp³-hybridized carbons (Fsp3) is 0.385. The Morgan fingerprint density at radius 1 is 1.00 bits per heavy atom. The first kappa shape index (κ1) is 24.0. The Hall–Kier alpha value is -2.63. The van der Waals surface area contributed by atoms with E-state index < -0.39 is 0 Å². The van der Waals surface area contributed by atoms with Gasteiger partial charge in [0.25, 0.3) is 0 Å². The lowest BCUT2D eigenvalue weighted by atomic mass is 10.1. The number of anilines is 1. The molecule has 1 N–H and O–H groups in total. The number of halogens is 1. The van der Waals surface area contributed by atoms with Crippen molar-refractivity contribution in [2.75, 3.05) is 44.6 Å². The van der Waals surface area contributed by atoms with Gasteiger partial charge in [0.05, 0.1) is 11.9 Å². The molecular weight excluding hydrogens is 420 g/mol. The molecule has 1 aromatic heterocycles. The summed E-state index contributed by atoms with van der Waals surface area (Å²) in [6.45, 7) is 9.49. The second-order valence-corrected chi connectivity index (χ2v) is 8.31. The summed E-state index contributed by atoms with van der Waals surface area (Å²) in [6, 6.07) is 17.7. The van der Waals surface area contributed by atoms with Crippen LogP contribution in [0, 0.1) is 0 Å². The molecule has 0 radical (unpaired) electrons. The van der Waals surface area contributed by atoms with Crippen molar-refractivity contribution in [1.82, 2.24) is 14.8 Å². The minimum Gasteiger partial charge on any atom is -0.384 e. The number of aromatic nitrogens is 1. The molecule has 2 aromatic carbocycles. The molecule has 0 saturated carbocycles. The van der Waals surface area contributed by atoms with Gasteiger partial charge < -0.3 is 15.1 Å². The molecule has 0 unspecified atom stereocenters. The molecule has 0 aliphatic carbocycles. The number of nitrogens with one attached hydrogen (secondary N) is 1. The van der Waals surface area contributed by atoms with Crippen LogP contribution >= 0.6 is 11.6 Å². The molecule has 32 heavy (non-hydrogen) atoms. The van der Waals surface area contributed by atoms with Gasteiger partial charge >= 0.3 is 0 Å². The van der Waals surface area contributed by atoms with E-state index >= 15 is 0 Å². The number of nitrogens with zero attached hydrogens (tertiary/aromatic N) is 3. The van der Waals surface area contributed by atoms with Crippen molar-refractivity contribution in [1.29, 1.82) is 0 Å². The van der Waals surface area contributed by atoms with Crippen molar-refractivity contribution in [3.05, 3.63) is 71.4 Å². The number of fused-ring (bicyclic) bond motifs is 1. The lowest BCUT2D eigenvalue weighted by molar-refractivity contribution is -0.130. The first-order chi connectivity index (χ1) is 15.6. The minimum atomic E-state index is 0.187. The van der Waals surface area contributed by atoms with Crippen molar-refractivity contribution in [2.45, 2.75) is 26.7 Å². The van der Waals surface area contributed by atoms with Gasteiger partial charge in [-0.3, -0.25) is 9.78 Å². The van der Waals surface area contributed by atoms with Crippen molar-refractivity contribution >= 4 is 34.1 Å². The summed E-state index contributed by atoms with van der Waals surface area (Å²) in [5.41, 5.74) is 2.98. The molecule has 3 rings (SSSR count). The van der Waals surface area contributed by atoms with Gasteiger partial charge in [-0.1, -0.05) is 55.8 Å². The number of likely N-dealkylation sites (N-methyl/N-ethyl adjacent to an activating group) is 1. The molecule has 5 nitrogen and oxygen atoms in total. The summed E-state index contributed by atoms with van der Waals surface area (Å²) in [4.78, 5) is 21.8. The molecular formula is C26H33ClN4O. The smallest absolute Gasteiger partial charge is 0.227 e. The van der Waals surface area contributed by atoms with Gasteiger partial charge in [0.15, 0.2) is 0 Å². The average Bonchev–Trinajstić information content (AvgIpc) is 2.81. The van der Waals surface area contributed by atoms with E-state index in [1.807, 2.05) is 59.5 Å². The van der Waals surface area contributed by atoms with E-state index in [9.17, 15) is 4.79 Å². The summed E-state index contributed by atoms with van der Waals surface area (Å²) in [5, 5.41) is 5.24. The Balaban J connectivity index is 1.58. The predicted molar refractivity (Wildman–Crippen MR) is 134 cm³/mol. The van der Waals surface area contributed by atoms with Crippen molar-refractivity contribution in [3.63, 3.8) is 0 Å². The summed E-state index contributed by atoms with van der Waals surface area (Å²) in [7, 11) is 0. The zero-order valence-electron chi connectivity index (χ0n) is 19.1. The number of pyridine rings is 1. The highest BCUT2D eigenvalue weighted by molar-refractivity contribution is 6.31. The van der Waals surface area contributed by atoms with Crippen LogP contribution in [-0.2, 0) is 11.2 Å². The topological polar surface area (TPSA) is 48.5 Å². The number of amides is 1. The normalized spacial score (nSPS) is 11.1. The van der Waals surface area contributed by atoms with Crippen LogP contribution in [0.3, 0.4) is 0 Å². The number of carbonyl (C=O) groups is 1. The molecule has 0 saturated heterocycles. The molecule has 1 amide bonds. The number of rotatable bonds is 12. The Bertz CT molecular complexity index is 992. The number of benzene rings is 2. The Morgan fingerprint density at radius 2 is 1.78 bits per heavy atom. The predicted octanol–water partition coefficient (Wildman–Crippen LogP) is 5.10. The SMILES string of the molecule is CCN(CC)CCN(CCCNc1ccnc2cc(Cl)ccc12)C(=O)Cc1ccccc1. The van der Waals surface area contributed by atoms with E-state index in [1.165, 1.54) is 0 Å². The zero-order chi connectivity index (χ0) is 22.8. The third-order valence-electron chi connectivity index (χ3n) is 5.76. The highest BCUT2D eigenvalue weighted by Crippen LogP contribution is 2.24. The summed E-state index contributed by atoms with van der Waals surface area (Å²) >= 11 is 6.09. The molecule has 170 valence electrons. The van der Waals surface area contributed by atoms with E-state index in [0.717, 1.165) is 67.8 Å². The van der Waals surface area contributed by atoms with Gasteiger partial charge in [-0.15, -0.1) is 0 Å². The minimum absolute atomic E-state index is 0.187. The molecule has 1 heterocycles. The van der Waals surface area contributed by atoms with Crippen molar-refractivity contribution < 1.29 is 4.79 Å². The van der Waals surface area contributed by atoms with E-state index in [4.69, 9.17) is 11.6 Å². The summed E-state index contributed by atoms with van der Waals surface area (Å²) < 4.78 is 0. The van der Waals surface area contributed by atoms with Crippen LogP contribution < -0.4 is 5.32 Å². The summed E-state index contributed by atoms with van der Waals surface area (Å²) in [6.07, 6.45) is 3.11. The van der Waals surface area contributed by atoms with Crippen LogP contribution in [0.2, 0.25) is 5.02 Å². The van der Waals surface area contributed by atoms with Gasteiger partial charge in [0, 0.05) is 48.5 Å². The monoisotopic (exact) mass is 452 g/mol. The Morgan fingerprint density at radius 3 is 2.53 bits per heavy atom. The van der Waals surface area contributed by atoms with Gasteiger partial charge in [0.2, 0.25) is 5.91 Å². The molecule has 0 aliphatic rings. The number of hydrogen-bond acceptors (Lipinski definition) is 4. The second-order valence-electron chi connectivity index (χ2n) is 7.87. The first-order valence-corrected chi connectivity index (χ1v) is 11.8. The fourth-order valence-electron chi connectivity index (χ4n) is 3.81. The van der Waals surface area contributed by atoms with E-state index in [2.05, 4.69) is 29.0 Å². The molecule has 0 fully saturated rings. The number of hydrogen-bond donors (Lipinski definition) is 1. The van der Waals surface area contributed by atoms with Gasteiger partial charge in [-0.25, -0.2) is 0 Å². The van der Waals surface area contributed by atoms with E-state index in [1.54, 1.807) is 6.20 Å². The third-order valence-corrected chi connectivity index (χ3v) is 5.99. The maximum absolute atomic E-state index is 13.0. The van der Waals surface area contributed by atoms with Crippen molar-refractivity contribution in [2.24, 2.45) is 0 Å². The third kappa shape index (κ3) is 6.94. The Kier molecular flexibility index (Phi) is 9.32. The molecule has 0 aliphatic heterocycles. The standard InChI is InChI=1S/C26H33ClN4O/c1-3-30(4-2)17-18-31(26(32)19-21-9-6-5-7-10-21)16-8-14-28-24-13-15-29-25-20-22(27)11-12-23(24)25/h5-7,9-13,15,20H,3-4,8,14,16-19H2,1-2H3,(H,28,29). The van der Waals surface area contributed by atoms with Crippen LogP contribution in [0.4, 0.5) is 5.69 Å². The lowest BCUT2D eigenvalue weighted by Gasteiger charge is -2.27. The second kappa shape index (κ2) is 12.4. The molecule has 0 bridgehead atoms. The van der Waals surface area contributed by atoms with Crippen LogP contribution in [0.1, 0.15) is 25.8 Å². The van der Waals surface area contributed by atoms with Crippen molar-refractivity contribution in [3.8, 4) is 0 Å². The van der Waals surface area contributed by atoms with Crippen LogP contribution in [-0.4, -0.2) is 60.0 Å². The zero-order valence-corrected chi connectivity index (χ0v) is 19.8. The van der Waals surface area contributed by atoms with Gasteiger partial charge in [-0.2, -0.15) is 0 Å². The van der Waals surface area contributed by atoms with Crippen LogP contribution in [0.5, 0.6) is 0 Å². The molecule has 0 spiro atoms. The maximum Gasteiger partial charge on any atom is 0.227 e. The fourth-order valence-corrected chi connectivity index (χ4v) is 3.98.